The van der Waals surface area contributed by atoms with Gasteiger partial charge in [-0.1, -0.05) is 128 Å². The highest BCUT2D eigenvalue weighted by molar-refractivity contribution is 5.98. The van der Waals surface area contributed by atoms with Crippen LogP contribution in [0, 0.1) is 19.8 Å². The summed E-state index contributed by atoms with van der Waals surface area (Å²) in [4.78, 5) is 17.7. The fraction of sp³-hybridized carbons (Fsp3) is 0.333. The summed E-state index contributed by atoms with van der Waals surface area (Å²) in [5.74, 6) is 1.53. The topological polar surface area (TPSA) is 108 Å². The van der Waals surface area contributed by atoms with Crippen molar-refractivity contribution < 1.29 is 4.39 Å². The maximum absolute atomic E-state index is 12.2. The second kappa shape index (κ2) is 24.1. The maximum atomic E-state index is 12.2. The Morgan fingerprint density at radius 2 is 1.05 bits per heavy atom. The van der Waals surface area contributed by atoms with Crippen molar-refractivity contribution in [3.8, 4) is 33.9 Å². The number of benzene rings is 4. The van der Waals surface area contributed by atoms with E-state index in [1.807, 2.05) is 12.4 Å². The van der Waals surface area contributed by atoms with Gasteiger partial charge in [0.25, 0.3) is 0 Å². The molecular weight excluding hydrogens is 987 g/mol. The predicted octanol–water partition coefficient (Wildman–Crippen LogP) is 15.4. The Labute approximate surface area is 466 Å². The number of rotatable bonds is 11. The highest BCUT2D eigenvalue weighted by Gasteiger charge is 2.30. The Balaban J connectivity index is 0.000000163. The lowest BCUT2D eigenvalue weighted by Gasteiger charge is -2.28. The number of fused-ring (bicyclic) bond motifs is 4. The minimum absolute atomic E-state index is 0. The van der Waals surface area contributed by atoms with Gasteiger partial charge in [-0.3, -0.25) is 0 Å². The number of para-hydroxylation sites is 2. The van der Waals surface area contributed by atoms with Crippen molar-refractivity contribution in [2.24, 2.45) is 0 Å². The van der Waals surface area contributed by atoms with Gasteiger partial charge < -0.3 is 20.2 Å². The van der Waals surface area contributed by atoms with Crippen molar-refractivity contribution in [2.75, 3.05) is 18.0 Å². The Morgan fingerprint density at radius 1 is 0.564 bits per heavy atom. The van der Waals surface area contributed by atoms with Crippen molar-refractivity contribution in [1.29, 1.82) is 0 Å². The van der Waals surface area contributed by atoms with Crippen molar-refractivity contribution in [3.05, 3.63) is 195 Å². The van der Waals surface area contributed by atoms with Crippen LogP contribution in [0.25, 0.3) is 55.7 Å². The third kappa shape index (κ3) is 10.8. The molecule has 10 nitrogen and oxygen atoms in total. The lowest BCUT2D eigenvalue weighted by molar-refractivity contribution is 0.581. The molecule has 0 unspecified atom stereocenters. The number of hydrogen-bond donors (Lipinski definition) is 3. The van der Waals surface area contributed by atoms with Gasteiger partial charge in [0.05, 0.1) is 34.2 Å². The van der Waals surface area contributed by atoms with Crippen molar-refractivity contribution in [3.63, 3.8) is 0 Å². The number of anilines is 1. The Morgan fingerprint density at radius 3 is 1.51 bits per heavy atom. The van der Waals surface area contributed by atoms with E-state index in [2.05, 4.69) is 195 Å². The molecule has 0 fully saturated rings. The third-order valence-electron chi connectivity index (χ3n) is 15.8. The summed E-state index contributed by atoms with van der Waals surface area (Å²) >= 11 is 0. The van der Waals surface area contributed by atoms with Gasteiger partial charge in [0.2, 0.25) is 5.95 Å². The molecule has 12 heteroatoms. The van der Waals surface area contributed by atoms with Crippen LogP contribution in [-0.2, 0) is 51.6 Å². The number of aromatic nitrogens is 8. The minimum atomic E-state index is -0.413. The van der Waals surface area contributed by atoms with E-state index in [1.54, 1.807) is 12.3 Å². The molecule has 404 valence electrons. The molecule has 0 saturated carbocycles. The summed E-state index contributed by atoms with van der Waals surface area (Å²) in [6.07, 6.45) is 13.5. The quantitative estimate of drug-likeness (QED) is 0.111. The molecule has 0 aliphatic carbocycles. The molecule has 8 heterocycles. The smallest absolute Gasteiger partial charge is 0.212 e. The highest BCUT2D eigenvalue weighted by atomic mass is 35.5. The van der Waals surface area contributed by atoms with Crippen molar-refractivity contribution >= 4 is 40.0 Å². The van der Waals surface area contributed by atoms with E-state index < -0.39 is 5.95 Å². The van der Waals surface area contributed by atoms with E-state index in [0.29, 0.717) is 11.8 Å². The summed E-state index contributed by atoms with van der Waals surface area (Å²) in [5, 5.41) is 16.6. The van der Waals surface area contributed by atoms with Gasteiger partial charge in [-0.05, 0) is 120 Å². The molecule has 78 heavy (non-hydrogen) atoms. The van der Waals surface area contributed by atoms with Crippen LogP contribution < -0.4 is 10.2 Å². The molecule has 12 rings (SSSR count). The van der Waals surface area contributed by atoms with Gasteiger partial charge >= 0.3 is 0 Å². The van der Waals surface area contributed by atoms with Crippen molar-refractivity contribution in [1.82, 2.24) is 44.8 Å². The number of nitrogens with zero attached hydrogens (tertiary/aromatic N) is 7. The predicted molar refractivity (Wildman–Crippen MR) is 323 cm³/mol. The first-order chi connectivity index (χ1) is 37.4. The van der Waals surface area contributed by atoms with Crippen LogP contribution in [-0.4, -0.2) is 52.6 Å². The van der Waals surface area contributed by atoms with Gasteiger partial charge in [0.1, 0.15) is 5.82 Å². The van der Waals surface area contributed by atoms with E-state index in [0.717, 1.165) is 76.1 Å². The molecule has 4 aromatic carbocycles. The number of pyridine rings is 2. The van der Waals surface area contributed by atoms with Crippen LogP contribution in [0.2, 0.25) is 0 Å². The van der Waals surface area contributed by atoms with Crippen LogP contribution >= 0.6 is 12.4 Å². The molecule has 2 aliphatic rings. The van der Waals surface area contributed by atoms with Crippen LogP contribution in [0.15, 0.2) is 122 Å². The summed E-state index contributed by atoms with van der Waals surface area (Å²) in [7, 11) is 0. The molecule has 0 radical (unpaired) electrons. The highest BCUT2D eigenvalue weighted by Crippen LogP contribution is 2.41. The van der Waals surface area contributed by atoms with Crippen LogP contribution in [0.1, 0.15) is 134 Å². The van der Waals surface area contributed by atoms with Crippen LogP contribution in [0.3, 0.4) is 0 Å². The maximum Gasteiger partial charge on any atom is 0.212 e. The molecule has 3 N–H and O–H groups in total. The summed E-state index contributed by atoms with van der Waals surface area (Å²) in [5.41, 5.74) is 25.2. The lowest BCUT2D eigenvalue weighted by Crippen LogP contribution is -2.30. The van der Waals surface area contributed by atoms with E-state index in [9.17, 15) is 4.39 Å². The van der Waals surface area contributed by atoms with E-state index >= 15 is 0 Å². The third-order valence-corrected chi connectivity index (χ3v) is 15.8. The second-order valence-corrected chi connectivity index (χ2v) is 21.3. The Kier molecular flexibility index (Phi) is 17.1. The standard InChI is InChI=1S/C33H37N5.C25H28N4.C8H10FN.ClH/c1-6-23-9-8-10-24(7-2)32(23)38-33(27-13-11-22(5)31-26(27)15-17-34-31)28-20-37(18-16-29(28)36-38)30-14-12-25(19-35-30)21(3)4;1-4-17-7-6-8-18(5-2)24(17)29-25(21-15-26-13-12-22(21)28-29)20-10-9-16(3)23-19(20)11-14-27-23;1-6(2)7-3-4-8(9)10-5-7;/h8-15,17,19,21,34H,6-7,16,18,20H2,1-5H3;6-11,14,26-27H,4-5,12-13,15H2,1-3H3;3-6H,1-2H3;1H. The van der Waals surface area contributed by atoms with Crippen molar-refractivity contribution in [2.45, 2.75) is 133 Å². The minimum Gasteiger partial charge on any atom is -0.361 e. The molecule has 0 atom stereocenters. The number of halogens is 2. The van der Waals surface area contributed by atoms with Gasteiger partial charge in [0.15, 0.2) is 0 Å². The van der Waals surface area contributed by atoms with Crippen LogP contribution in [0.4, 0.5) is 10.2 Å². The van der Waals surface area contributed by atoms with Crippen LogP contribution in [0.5, 0.6) is 0 Å². The Hall–Kier alpha value is -7.34. The number of aromatic amines is 2. The number of aryl methyl sites for hydroxylation is 6. The fourth-order valence-corrected chi connectivity index (χ4v) is 11.4. The summed E-state index contributed by atoms with van der Waals surface area (Å²) < 4.78 is 16.8. The van der Waals surface area contributed by atoms with E-state index in [1.165, 1.54) is 123 Å². The largest absolute Gasteiger partial charge is 0.361 e. The molecule has 6 aromatic heterocycles. The number of hydrogen-bond acceptors (Lipinski definition) is 6. The fourth-order valence-electron chi connectivity index (χ4n) is 11.4. The monoisotopic (exact) mass is 1060 g/mol. The van der Waals surface area contributed by atoms with Gasteiger partial charge in [-0.25, -0.2) is 19.3 Å². The van der Waals surface area contributed by atoms with Gasteiger partial charge in [-0.15, -0.1) is 12.4 Å². The molecule has 2 aliphatic heterocycles. The zero-order chi connectivity index (χ0) is 53.9. The molecule has 0 bridgehead atoms. The average Bonchev–Trinajstić information content (AvgIpc) is 4.50. The summed E-state index contributed by atoms with van der Waals surface area (Å²) in [6, 6.07) is 34.3. The average molecular weight is 1060 g/mol. The number of nitrogens with one attached hydrogen (secondary N) is 3. The molecule has 0 amide bonds. The molecule has 10 aromatic rings. The molecular formula is C66H76ClFN10. The second-order valence-electron chi connectivity index (χ2n) is 21.3. The zero-order valence-electron chi connectivity index (χ0n) is 47.2. The Bertz CT molecular complexity index is 3630. The lowest BCUT2D eigenvalue weighted by atomic mass is 9.96. The number of H-pyrrole nitrogens is 2. The first-order valence-corrected chi connectivity index (χ1v) is 28.0. The normalized spacial score (nSPS) is 13.0. The molecule has 0 spiro atoms. The van der Waals surface area contributed by atoms with Gasteiger partial charge in [-0.2, -0.15) is 14.6 Å². The SMILES string of the molecule is CC(C)c1ccc(F)nc1.CCc1cccc(CC)c1-n1nc2c(c1-c1ccc(C)c3[nH]ccc13)CN(c1ccc(C(C)C)cn1)CC2.CCc1cccc(CC)c1-n1nc2c(c1-c1ccc(C)c3[nH]ccc13)CNCC2.Cl. The van der Waals surface area contributed by atoms with Gasteiger partial charge in [0, 0.05) is 108 Å². The molecule has 0 saturated heterocycles. The summed E-state index contributed by atoms with van der Waals surface area (Å²) in [6.45, 7) is 25.4. The van der Waals surface area contributed by atoms with E-state index in [4.69, 9.17) is 15.2 Å². The zero-order valence-corrected chi connectivity index (χ0v) is 48.0. The first-order valence-electron chi connectivity index (χ1n) is 28.0. The first kappa shape index (κ1) is 55.4. The van der Waals surface area contributed by atoms with E-state index in [-0.39, 0.29) is 12.4 Å².